The van der Waals surface area contributed by atoms with E-state index in [0.717, 1.165) is 6.42 Å². The molecule has 0 spiro atoms. The van der Waals surface area contributed by atoms with Crippen molar-refractivity contribution < 1.29 is 36.3 Å². The number of ether oxygens (including phenoxy) is 1. The fourth-order valence-electron chi connectivity index (χ4n) is 6.76. The quantitative estimate of drug-likeness (QED) is 0.376. The first-order valence-corrected chi connectivity index (χ1v) is 15.2. The minimum absolute atomic E-state index is 0.0732. The Balaban J connectivity index is 1.37. The van der Waals surface area contributed by atoms with Crippen LogP contribution in [-0.4, -0.2) is 73.0 Å². The Kier molecular flexibility index (Phi) is 8.52. The van der Waals surface area contributed by atoms with Crippen LogP contribution in [0.15, 0.2) is 18.5 Å². The standard InChI is InChI=1S/C29H35F5N8O3/c1-41-22(6-8-36-41)26(44)38-23(16-4-2-7-28(30,31)12-16)21-14-42-27(37-21)39-24(17-5-3-9-45-15-17)20(40-42)11-18-10-19(29(32,33)34)13-35-25(18)43/h6,8,14,16-19,23H,2-5,7,9-13,15H2,1H3,(H,35,43)(H,38,44)/t16-,17+,18+,19+,23-/m0/s1. The molecule has 1 aliphatic carbocycles. The fourth-order valence-corrected chi connectivity index (χ4v) is 6.76. The molecule has 2 saturated heterocycles. The van der Waals surface area contributed by atoms with Gasteiger partial charge in [-0.1, -0.05) is 0 Å². The summed E-state index contributed by atoms with van der Waals surface area (Å²) in [7, 11) is 1.60. The molecule has 45 heavy (non-hydrogen) atoms. The van der Waals surface area contributed by atoms with Crippen LogP contribution in [0.1, 0.15) is 84.5 Å². The van der Waals surface area contributed by atoms with E-state index in [0.29, 0.717) is 37.4 Å². The van der Waals surface area contributed by atoms with E-state index in [2.05, 4.69) is 25.8 Å². The van der Waals surface area contributed by atoms with Crippen molar-refractivity contribution in [3.63, 3.8) is 0 Å². The van der Waals surface area contributed by atoms with Gasteiger partial charge in [-0.3, -0.25) is 14.3 Å². The van der Waals surface area contributed by atoms with Gasteiger partial charge in [0.2, 0.25) is 11.8 Å². The second kappa shape index (κ2) is 12.2. The van der Waals surface area contributed by atoms with E-state index < -0.39 is 60.7 Å². The Labute approximate surface area is 255 Å². The maximum atomic E-state index is 14.6. The molecule has 3 aliphatic rings. The molecule has 5 atom stereocenters. The zero-order chi connectivity index (χ0) is 31.9. The first-order valence-electron chi connectivity index (χ1n) is 15.2. The maximum Gasteiger partial charge on any atom is 0.393 e. The molecule has 2 N–H and O–H groups in total. The largest absolute Gasteiger partial charge is 0.393 e. The molecule has 0 unspecified atom stereocenters. The smallest absolute Gasteiger partial charge is 0.381 e. The van der Waals surface area contributed by atoms with Crippen molar-refractivity contribution in [1.29, 1.82) is 0 Å². The van der Waals surface area contributed by atoms with E-state index in [4.69, 9.17) is 9.72 Å². The first kappa shape index (κ1) is 31.3. The molecule has 1 saturated carbocycles. The lowest BCUT2D eigenvalue weighted by atomic mass is 9.80. The molecular formula is C29H35F5N8O3. The molecule has 0 radical (unpaired) electrons. The Morgan fingerprint density at radius 2 is 2.07 bits per heavy atom. The molecule has 3 aromatic heterocycles. The van der Waals surface area contributed by atoms with Gasteiger partial charge in [-0.15, -0.1) is 0 Å². The van der Waals surface area contributed by atoms with Crippen molar-refractivity contribution in [3.05, 3.63) is 41.2 Å². The number of carbonyl (C=O) groups excluding carboxylic acids is 2. The number of imidazole rings is 1. The van der Waals surface area contributed by atoms with Crippen molar-refractivity contribution in [2.75, 3.05) is 19.8 Å². The predicted molar refractivity (Wildman–Crippen MR) is 148 cm³/mol. The minimum Gasteiger partial charge on any atom is -0.381 e. The lowest BCUT2D eigenvalue weighted by Crippen LogP contribution is -2.47. The van der Waals surface area contributed by atoms with Crippen LogP contribution in [0.2, 0.25) is 0 Å². The van der Waals surface area contributed by atoms with Crippen LogP contribution in [0.5, 0.6) is 0 Å². The molecule has 5 heterocycles. The van der Waals surface area contributed by atoms with E-state index >= 15 is 0 Å². The van der Waals surface area contributed by atoms with Gasteiger partial charge < -0.3 is 15.4 Å². The Morgan fingerprint density at radius 3 is 2.76 bits per heavy atom. The zero-order valence-electron chi connectivity index (χ0n) is 24.7. The normalized spacial score (nSPS) is 26.4. The minimum atomic E-state index is -4.45. The molecule has 2 aliphatic heterocycles. The topological polar surface area (TPSA) is 128 Å². The van der Waals surface area contributed by atoms with Gasteiger partial charge in [0.25, 0.3) is 11.7 Å². The van der Waals surface area contributed by atoms with Gasteiger partial charge in [0.1, 0.15) is 5.69 Å². The monoisotopic (exact) mass is 638 g/mol. The van der Waals surface area contributed by atoms with Crippen LogP contribution >= 0.6 is 0 Å². The van der Waals surface area contributed by atoms with Gasteiger partial charge in [-0.05, 0) is 44.1 Å². The second-order valence-corrected chi connectivity index (χ2v) is 12.4. The highest BCUT2D eigenvalue weighted by Gasteiger charge is 2.45. The summed E-state index contributed by atoms with van der Waals surface area (Å²) >= 11 is 0. The summed E-state index contributed by atoms with van der Waals surface area (Å²) in [4.78, 5) is 35.3. The number of piperidine rings is 1. The number of aryl methyl sites for hydroxylation is 1. The Bertz CT molecular complexity index is 1550. The third-order valence-corrected chi connectivity index (χ3v) is 9.15. The summed E-state index contributed by atoms with van der Waals surface area (Å²) in [6.07, 6.45) is -0.447. The number of carbonyl (C=O) groups is 2. The average molecular weight is 639 g/mol. The molecule has 3 aromatic rings. The highest BCUT2D eigenvalue weighted by atomic mass is 19.4. The van der Waals surface area contributed by atoms with Gasteiger partial charge in [0.05, 0.1) is 41.8 Å². The van der Waals surface area contributed by atoms with Gasteiger partial charge in [0, 0.05) is 57.5 Å². The molecule has 0 bridgehead atoms. The summed E-state index contributed by atoms with van der Waals surface area (Å²) in [5, 5.41) is 14.0. The molecule has 2 amide bonds. The predicted octanol–water partition coefficient (Wildman–Crippen LogP) is 3.91. The highest BCUT2D eigenvalue weighted by molar-refractivity contribution is 5.92. The number of aromatic nitrogens is 6. The van der Waals surface area contributed by atoms with Crippen LogP contribution in [0.4, 0.5) is 22.0 Å². The first-order chi connectivity index (χ1) is 21.4. The van der Waals surface area contributed by atoms with Gasteiger partial charge in [0.15, 0.2) is 0 Å². The number of halogens is 5. The average Bonchev–Trinajstić information content (AvgIpc) is 3.61. The molecule has 3 fully saturated rings. The number of nitrogens with one attached hydrogen (secondary N) is 2. The molecule has 11 nitrogen and oxygen atoms in total. The summed E-state index contributed by atoms with van der Waals surface area (Å²) in [6, 6.07) is 0.619. The molecule has 0 aromatic carbocycles. The van der Waals surface area contributed by atoms with E-state index in [1.807, 2.05) is 0 Å². The van der Waals surface area contributed by atoms with Crippen LogP contribution < -0.4 is 10.6 Å². The van der Waals surface area contributed by atoms with Gasteiger partial charge >= 0.3 is 6.18 Å². The number of hydrogen-bond donors (Lipinski definition) is 2. The SMILES string of the molecule is Cn1nccc1C(=O)N[C@H](c1cn2nc(C[C@H]3C[C@@H](C(F)(F)F)CNC3=O)c([C@@H]3CCCOC3)nc2n1)[C@H]1CCCC(F)(F)C1. The summed E-state index contributed by atoms with van der Waals surface area (Å²) in [5.41, 5.74) is 1.36. The van der Waals surface area contributed by atoms with Crippen molar-refractivity contribution in [2.24, 2.45) is 24.8 Å². The van der Waals surface area contributed by atoms with Crippen molar-refractivity contribution in [1.82, 2.24) is 40.0 Å². The number of hydrogen-bond acceptors (Lipinski definition) is 7. The van der Waals surface area contributed by atoms with E-state index in [1.165, 1.54) is 27.7 Å². The van der Waals surface area contributed by atoms with Crippen molar-refractivity contribution in [2.45, 2.75) is 75.4 Å². The molecule has 16 heteroatoms. The summed E-state index contributed by atoms with van der Waals surface area (Å²) in [5.74, 6) is -7.22. The zero-order valence-corrected chi connectivity index (χ0v) is 24.7. The number of fused-ring (bicyclic) bond motifs is 1. The number of nitrogens with zero attached hydrogens (tertiary/aromatic N) is 6. The van der Waals surface area contributed by atoms with Crippen molar-refractivity contribution >= 4 is 17.6 Å². The Hall–Kier alpha value is -3.69. The van der Waals surface area contributed by atoms with Crippen LogP contribution in [0.25, 0.3) is 5.78 Å². The van der Waals surface area contributed by atoms with Crippen LogP contribution in [-0.2, 0) is 23.0 Å². The van der Waals surface area contributed by atoms with E-state index in [-0.39, 0.29) is 48.8 Å². The lowest BCUT2D eigenvalue weighted by Gasteiger charge is -2.34. The van der Waals surface area contributed by atoms with Crippen molar-refractivity contribution in [3.8, 4) is 0 Å². The van der Waals surface area contributed by atoms with Gasteiger partial charge in [-0.25, -0.2) is 23.3 Å². The fraction of sp³-hybridized carbons (Fsp3) is 0.655. The lowest BCUT2D eigenvalue weighted by molar-refractivity contribution is -0.183. The van der Waals surface area contributed by atoms with Crippen LogP contribution in [0.3, 0.4) is 0 Å². The summed E-state index contributed by atoms with van der Waals surface area (Å²) < 4.78 is 78.2. The number of amides is 2. The molecular weight excluding hydrogens is 603 g/mol. The number of alkyl halides is 5. The second-order valence-electron chi connectivity index (χ2n) is 12.4. The number of rotatable bonds is 7. The van der Waals surface area contributed by atoms with Crippen LogP contribution in [0, 0.1) is 17.8 Å². The van der Waals surface area contributed by atoms with E-state index in [9.17, 15) is 31.5 Å². The maximum absolute atomic E-state index is 14.6. The van der Waals surface area contributed by atoms with Gasteiger partial charge in [-0.2, -0.15) is 23.4 Å². The third-order valence-electron chi connectivity index (χ3n) is 9.15. The third kappa shape index (κ3) is 6.79. The Morgan fingerprint density at radius 1 is 1.24 bits per heavy atom. The van der Waals surface area contributed by atoms with E-state index in [1.54, 1.807) is 7.05 Å². The highest BCUT2D eigenvalue weighted by Crippen LogP contribution is 2.42. The summed E-state index contributed by atoms with van der Waals surface area (Å²) in [6.45, 7) is 0.426. The molecule has 6 rings (SSSR count). The molecule has 244 valence electrons.